The van der Waals surface area contributed by atoms with E-state index in [1.807, 2.05) is 13.8 Å². The molecule has 90 valence electrons. The molecule has 0 aromatic heterocycles. The van der Waals surface area contributed by atoms with E-state index in [-0.39, 0.29) is 5.54 Å². The fourth-order valence-corrected chi connectivity index (χ4v) is 1.26. The van der Waals surface area contributed by atoms with Crippen LogP contribution in [0.15, 0.2) is 0 Å². The average molecular weight is 215 g/mol. The van der Waals surface area contributed by atoms with Crippen molar-refractivity contribution in [2.24, 2.45) is 5.41 Å². The topological polar surface area (TPSA) is 49.3 Å². The van der Waals surface area contributed by atoms with Gasteiger partial charge in [0.05, 0.1) is 5.41 Å². The summed E-state index contributed by atoms with van der Waals surface area (Å²) in [5, 5.41) is 12.5. The summed E-state index contributed by atoms with van der Waals surface area (Å²) in [7, 11) is 0. The molecule has 0 saturated carbocycles. The molecule has 0 amide bonds. The first kappa shape index (κ1) is 14.4. The van der Waals surface area contributed by atoms with Crippen LogP contribution in [0.3, 0.4) is 0 Å². The largest absolute Gasteiger partial charge is 0.481 e. The van der Waals surface area contributed by atoms with Crippen LogP contribution in [0.2, 0.25) is 0 Å². The van der Waals surface area contributed by atoms with Crippen molar-refractivity contribution in [1.29, 1.82) is 0 Å². The van der Waals surface area contributed by atoms with Crippen molar-refractivity contribution in [2.45, 2.75) is 59.4 Å². The Morgan fingerprint density at radius 3 is 2.13 bits per heavy atom. The van der Waals surface area contributed by atoms with Gasteiger partial charge in [0.15, 0.2) is 0 Å². The summed E-state index contributed by atoms with van der Waals surface area (Å²) >= 11 is 0. The molecule has 0 bridgehead atoms. The van der Waals surface area contributed by atoms with E-state index in [1.165, 1.54) is 12.8 Å². The van der Waals surface area contributed by atoms with Crippen LogP contribution in [0, 0.1) is 5.41 Å². The number of carbonyl (C=O) groups is 1. The Kier molecular flexibility index (Phi) is 5.29. The lowest BCUT2D eigenvalue weighted by Gasteiger charge is -2.39. The van der Waals surface area contributed by atoms with E-state index in [9.17, 15) is 4.79 Å². The van der Waals surface area contributed by atoms with E-state index in [0.29, 0.717) is 0 Å². The monoisotopic (exact) mass is 215 g/mol. The number of carboxylic acid groups (broad SMARTS) is 1. The quantitative estimate of drug-likeness (QED) is 0.642. The maximum absolute atomic E-state index is 11.1. The zero-order valence-corrected chi connectivity index (χ0v) is 10.7. The Morgan fingerprint density at radius 2 is 1.73 bits per heavy atom. The summed E-state index contributed by atoms with van der Waals surface area (Å²) in [5.41, 5.74) is -1.13. The SMILES string of the molecule is CCCCCNC(C)(C)C(C)(C)C(=O)O. The van der Waals surface area contributed by atoms with Gasteiger partial charge in [-0.05, 0) is 40.7 Å². The van der Waals surface area contributed by atoms with Gasteiger partial charge in [0, 0.05) is 5.54 Å². The highest BCUT2D eigenvalue weighted by molar-refractivity contribution is 5.75. The lowest BCUT2D eigenvalue weighted by atomic mass is 9.74. The molecule has 0 aliphatic carbocycles. The van der Waals surface area contributed by atoms with Gasteiger partial charge < -0.3 is 10.4 Å². The van der Waals surface area contributed by atoms with Gasteiger partial charge in [0.2, 0.25) is 0 Å². The molecule has 0 fully saturated rings. The number of hydrogen-bond donors (Lipinski definition) is 2. The van der Waals surface area contributed by atoms with E-state index < -0.39 is 11.4 Å². The molecule has 0 aliphatic heterocycles. The molecule has 15 heavy (non-hydrogen) atoms. The highest BCUT2D eigenvalue weighted by Crippen LogP contribution is 2.30. The Bertz CT molecular complexity index is 210. The molecule has 0 aliphatic rings. The maximum atomic E-state index is 11.1. The molecule has 0 spiro atoms. The van der Waals surface area contributed by atoms with Crippen LogP contribution in [0.5, 0.6) is 0 Å². The molecule has 0 heterocycles. The Balaban J connectivity index is 4.22. The van der Waals surface area contributed by atoms with E-state index in [1.54, 1.807) is 13.8 Å². The molecule has 0 saturated heterocycles. The normalized spacial score (nSPS) is 12.9. The summed E-state index contributed by atoms with van der Waals surface area (Å²) in [5.74, 6) is -0.754. The second-order valence-corrected chi connectivity index (χ2v) is 5.19. The van der Waals surface area contributed by atoms with Gasteiger partial charge in [0.25, 0.3) is 0 Å². The first-order valence-corrected chi connectivity index (χ1v) is 5.74. The van der Waals surface area contributed by atoms with Crippen molar-refractivity contribution in [3.8, 4) is 0 Å². The smallest absolute Gasteiger partial charge is 0.310 e. The van der Waals surface area contributed by atoms with Gasteiger partial charge in [-0.15, -0.1) is 0 Å². The standard InChI is InChI=1S/C12H25NO2/c1-6-7-8-9-13-12(4,5)11(2,3)10(14)15/h13H,6-9H2,1-5H3,(H,14,15). The first-order valence-electron chi connectivity index (χ1n) is 5.74. The zero-order chi connectivity index (χ0) is 12.1. The number of aliphatic carboxylic acids is 1. The lowest BCUT2D eigenvalue weighted by molar-refractivity contribution is -0.151. The molecule has 0 radical (unpaired) electrons. The van der Waals surface area contributed by atoms with Crippen LogP contribution in [-0.4, -0.2) is 23.2 Å². The molecular weight excluding hydrogens is 190 g/mol. The van der Waals surface area contributed by atoms with Crippen LogP contribution in [0.1, 0.15) is 53.9 Å². The number of nitrogens with one attached hydrogen (secondary N) is 1. The number of carboxylic acids is 1. The zero-order valence-electron chi connectivity index (χ0n) is 10.7. The minimum atomic E-state index is -0.754. The summed E-state index contributed by atoms with van der Waals surface area (Å²) in [6, 6.07) is 0. The Hall–Kier alpha value is -0.570. The van der Waals surface area contributed by atoms with E-state index in [0.717, 1.165) is 13.0 Å². The number of hydrogen-bond acceptors (Lipinski definition) is 2. The molecule has 0 rings (SSSR count). The van der Waals surface area contributed by atoms with Gasteiger partial charge in [-0.25, -0.2) is 0 Å². The lowest BCUT2D eigenvalue weighted by Crippen LogP contribution is -2.55. The van der Waals surface area contributed by atoms with Crippen LogP contribution in [0.4, 0.5) is 0 Å². The van der Waals surface area contributed by atoms with Gasteiger partial charge in [0.1, 0.15) is 0 Å². The highest BCUT2D eigenvalue weighted by Gasteiger charge is 2.42. The van der Waals surface area contributed by atoms with E-state index in [4.69, 9.17) is 5.11 Å². The molecule has 0 aromatic rings. The predicted octanol–water partition coefficient (Wildman–Crippen LogP) is 2.66. The minimum absolute atomic E-state index is 0.382. The van der Waals surface area contributed by atoms with Crippen LogP contribution in [0.25, 0.3) is 0 Å². The highest BCUT2D eigenvalue weighted by atomic mass is 16.4. The Morgan fingerprint density at radius 1 is 1.20 bits per heavy atom. The second kappa shape index (κ2) is 5.50. The van der Waals surface area contributed by atoms with Gasteiger partial charge in [-0.2, -0.15) is 0 Å². The van der Waals surface area contributed by atoms with Crippen LogP contribution in [-0.2, 0) is 4.79 Å². The molecule has 3 nitrogen and oxygen atoms in total. The summed E-state index contributed by atoms with van der Waals surface area (Å²) < 4.78 is 0. The molecule has 2 N–H and O–H groups in total. The van der Waals surface area contributed by atoms with Crippen LogP contribution >= 0.6 is 0 Å². The third-order valence-corrected chi connectivity index (χ3v) is 3.44. The summed E-state index contributed by atoms with van der Waals surface area (Å²) in [4.78, 5) is 11.1. The van der Waals surface area contributed by atoms with Crippen molar-refractivity contribution in [1.82, 2.24) is 5.32 Å². The van der Waals surface area contributed by atoms with Crippen molar-refractivity contribution in [2.75, 3.05) is 6.54 Å². The maximum Gasteiger partial charge on any atom is 0.310 e. The average Bonchev–Trinajstić information content (AvgIpc) is 2.12. The van der Waals surface area contributed by atoms with Crippen molar-refractivity contribution < 1.29 is 9.90 Å². The van der Waals surface area contributed by atoms with Gasteiger partial charge >= 0.3 is 5.97 Å². The molecule has 0 aromatic carbocycles. The molecular formula is C12H25NO2. The third-order valence-electron chi connectivity index (χ3n) is 3.44. The van der Waals surface area contributed by atoms with Crippen molar-refractivity contribution >= 4 is 5.97 Å². The molecule has 3 heteroatoms. The van der Waals surface area contributed by atoms with Crippen molar-refractivity contribution in [3.05, 3.63) is 0 Å². The predicted molar refractivity (Wildman–Crippen MR) is 63.0 cm³/mol. The third kappa shape index (κ3) is 3.82. The van der Waals surface area contributed by atoms with Crippen molar-refractivity contribution in [3.63, 3.8) is 0 Å². The second-order valence-electron chi connectivity index (χ2n) is 5.19. The van der Waals surface area contributed by atoms with E-state index >= 15 is 0 Å². The van der Waals surface area contributed by atoms with Crippen LogP contribution < -0.4 is 5.32 Å². The molecule has 0 atom stereocenters. The number of unbranched alkanes of at least 4 members (excludes halogenated alkanes) is 2. The Labute approximate surface area is 93.3 Å². The fraction of sp³-hybridized carbons (Fsp3) is 0.917. The molecule has 0 unspecified atom stereocenters. The van der Waals surface area contributed by atoms with Gasteiger partial charge in [-0.3, -0.25) is 4.79 Å². The summed E-state index contributed by atoms with van der Waals surface area (Å²) in [6.07, 6.45) is 3.48. The minimum Gasteiger partial charge on any atom is -0.481 e. The number of rotatable bonds is 7. The van der Waals surface area contributed by atoms with Gasteiger partial charge in [-0.1, -0.05) is 19.8 Å². The van der Waals surface area contributed by atoms with E-state index in [2.05, 4.69) is 12.2 Å². The fourth-order valence-electron chi connectivity index (χ4n) is 1.26. The summed E-state index contributed by atoms with van der Waals surface area (Å²) in [6.45, 7) is 10.5. The first-order chi connectivity index (χ1) is 6.75.